The second-order valence-corrected chi connectivity index (χ2v) is 4.01. The van der Waals surface area contributed by atoms with E-state index in [1.54, 1.807) is 0 Å². The average molecular weight is 219 g/mol. The van der Waals surface area contributed by atoms with Gasteiger partial charge in [-0.15, -0.1) is 0 Å². The molecule has 4 heteroatoms. The van der Waals surface area contributed by atoms with Crippen molar-refractivity contribution in [2.75, 3.05) is 24.5 Å². The van der Waals surface area contributed by atoms with Crippen molar-refractivity contribution in [3.8, 4) is 0 Å². The van der Waals surface area contributed by atoms with Gasteiger partial charge in [0, 0.05) is 38.3 Å². The third-order valence-electron chi connectivity index (χ3n) is 2.83. The van der Waals surface area contributed by atoms with E-state index < -0.39 is 0 Å². The van der Waals surface area contributed by atoms with E-state index in [0.717, 1.165) is 19.6 Å². The van der Waals surface area contributed by atoms with Gasteiger partial charge in [-0.1, -0.05) is 18.2 Å². The van der Waals surface area contributed by atoms with Crippen molar-refractivity contribution in [3.05, 3.63) is 29.8 Å². The van der Waals surface area contributed by atoms with E-state index in [1.807, 2.05) is 12.1 Å². The zero-order valence-electron chi connectivity index (χ0n) is 9.28. The second-order valence-electron chi connectivity index (χ2n) is 4.01. The van der Waals surface area contributed by atoms with Gasteiger partial charge in [0.05, 0.1) is 0 Å². The Balaban J connectivity index is 2.15. The lowest BCUT2D eigenvalue weighted by atomic mass is 10.1. The normalized spacial score (nSPS) is 15.4. The van der Waals surface area contributed by atoms with Crippen LogP contribution in [0.1, 0.15) is 12.0 Å². The molecule has 1 heterocycles. The fraction of sp³-hybridized carbons (Fsp3) is 0.417. The number of nitrogens with zero attached hydrogens (tertiary/aromatic N) is 1. The quantitative estimate of drug-likeness (QED) is 0.777. The summed E-state index contributed by atoms with van der Waals surface area (Å²) in [4.78, 5) is 13.0. The van der Waals surface area contributed by atoms with Gasteiger partial charge < -0.3 is 16.0 Å². The molecule has 2 rings (SSSR count). The molecule has 1 aliphatic heterocycles. The summed E-state index contributed by atoms with van der Waals surface area (Å²) >= 11 is 0. The van der Waals surface area contributed by atoms with E-state index >= 15 is 0 Å². The molecular weight excluding hydrogens is 202 g/mol. The smallest absolute Gasteiger partial charge is 0.219 e. The van der Waals surface area contributed by atoms with Crippen molar-refractivity contribution in [1.82, 2.24) is 5.32 Å². The minimum Gasteiger partial charge on any atom is -0.370 e. The van der Waals surface area contributed by atoms with E-state index in [4.69, 9.17) is 5.73 Å². The number of nitrogens with two attached hydrogens (primary N) is 1. The number of para-hydroxylation sites is 1. The van der Waals surface area contributed by atoms with Crippen LogP contribution in [-0.2, 0) is 11.3 Å². The minimum absolute atomic E-state index is 0.241. The summed E-state index contributed by atoms with van der Waals surface area (Å²) in [5, 5.41) is 3.36. The summed E-state index contributed by atoms with van der Waals surface area (Å²) in [5.41, 5.74) is 7.69. The number of anilines is 1. The molecule has 0 radical (unpaired) electrons. The molecule has 1 aromatic rings. The van der Waals surface area contributed by atoms with E-state index in [1.165, 1.54) is 11.3 Å². The lowest BCUT2D eigenvalue weighted by Crippen LogP contribution is -2.31. The van der Waals surface area contributed by atoms with Crippen LogP contribution in [-0.4, -0.2) is 25.5 Å². The second kappa shape index (κ2) is 4.99. The van der Waals surface area contributed by atoms with Crippen molar-refractivity contribution in [2.24, 2.45) is 5.73 Å². The van der Waals surface area contributed by atoms with Gasteiger partial charge in [0.1, 0.15) is 0 Å². The molecular formula is C12H17N3O. The summed E-state index contributed by atoms with van der Waals surface area (Å²) in [6, 6.07) is 8.29. The van der Waals surface area contributed by atoms with Crippen LogP contribution in [0.3, 0.4) is 0 Å². The number of hydrogen-bond acceptors (Lipinski definition) is 3. The summed E-state index contributed by atoms with van der Waals surface area (Å²) in [6.45, 7) is 3.45. The maximum Gasteiger partial charge on any atom is 0.219 e. The lowest BCUT2D eigenvalue weighted by Gasteiger charge is -2.23. The predicted octanol–water partition coefficient (Wildman–Crippen LogP) is 0.472. The van der Waals surface area contributed by atoms with Crippen LogP contribution in [0.5, 0.6) is 0 Å². The van der Waals surface area contributed by atoms with Crippen molar-refractivity contribution < 1.29 is 4.79 Å². The molecule has 1 aromatic carbocycles. The Bertz CT molecular complexity index is 378. The zero-order chi connectivity index (χ0) is 11.4. The highest BCUT2D eigenvalue weighted by Gasteiger charge is 2.14. The van der Waals surface area contributed by atoms with Crippen molar-refractivity contribution >= 4 is 11.6 Å². The minimum atomic E-state index is -0.241. The molecule has 86 valence electrons. The van der Waals surface area contributed by atoms with Crippen LogP contribution in [0.25, 0.3) is 0 Å². The number of fused-ring (bicyclic) bond motifs is 1. The van der Waals surface area contributed by atoms with Crippen LogP contribution in [0.15, 0.2) is 24.3 Å². The first-order valence-corrected chi connectivity index (χ1v) is 5.59. The van der Waals surface area contributed by atoms with E-state index in [9.17, 15) is 4.79 Å². The molecule has 16 heavy (non-hydrogen) atoms. The highest BCUT2D eigenvalue weighted by Crippen LogP contribution is 2.21. The molecule has 1 aliphatic rings. The molecule has 0 bridgehead atoms. The van der Waals surface area contributed by atoms with Crippen LogP contribution >= 0.6 is 0 Å². The number of rotatable bonds is 3. The van der Waals surface area contributed by atoms with Crippen molar-refractivity contribution in [1.29, 1.82) is 0 Å². The van der Waals surface area contributed by atoms with Crippen molar-refractivity contribution in [2.45, 2.75) is 13.0 Å². The maximum absolute atomic E-state index is 10.8. The van der Waals surface area contributed by atoms with Gasteiger partial charge >= 0.3 is 0 Å². The molecule has 0 unspecified atom stereocenters. The number of primary amides is 1. The molecule has 4 nitrogen and oxygen atoms in total. The molecule has 0 saturated heterocycles. The first-order chi connectivity index (χ1) is 7.77. The first-order valence-electron chi connectivity index (χ1n) is 5.59. The maximum atomic E-state index is 10.8. The Morgan fingerprint density at radius 1 is 1.44 bits per heavy atom. The standard InChI is InChI=1S/C12H17N3O/c13-12(16)5-7-15-8-6-14-9-10-3-1-2-4-11(10)15/h1-4,14H,5-9H2,(H2,13,16). The number of benzene rings is 1. The highest BCUT2D eigenvalue weighted by molar-refractivity contribution is 5.74. The number of amides is 1. The van der Waals surface area contributed by atoms with Gasteiger partial charge in [-0.05, 0) is 11.6 Å². The summed E-state index contributed by atoms with van der Waals surface area (Å²) in [6.07, 6.45) is 0.411. The number of hydrogen-bond donors (Lipinski definition) is 2. The fourth-order valence-electron chi connectivity index (χ4n) is 2.00. The molecule has 3 N–H and O–H groups in total. The Morgan fingerprint density at radius 2 is 2.25 bits per heavy atom. The third kappa shape index (κ3) is 2.52. The Labute approximate surface area is 95.4 Å². The van der Waals surface area contributed by atoms with Gasteiger partial charge in [0.2, 0.25) is 5.91 Å². The van der Waals surface area contributed by atoms with Gasteiger partial charge in [0.15, 0.2) is 0 Å². The molecule has 0 atom stereocenters. The lowest BCUT2D eigenvalue weighted by molar-refractivity contribution is -0.117. The SMILES string of the molecule is NC(=O)CCN1CCNCc2ccccc21. The van der Waals surface area contributed by atoms with Gasteiger partial charge in [-0.2, -0.15) is 0 Å². The van der Waals surface area contributed by atoms with Gasteiger partial charge in [0.25, 0.3) is 0 Å². The van der Waals surface area contributed by atoms with Crippen LogP contribution < -0.4 is 16.0 Å². The highest BCUT2D eigenvalue weighted by atomic mass is 16.1. The molecule has 0 saturated carbocycles. The van der Waals surface area contributed by atoms with Crippen LogP contribution in [0.4, 0.5) is 5.69 Å². The Kier molecular flexibility index (Phi) is 3.41. The molecule has 0 fully saturated rings. The fourth-order valence-corrected chi connectivity index (χ4v) is 2.00. The molecule has 0 aliphatic carbocycles. The zero-order valence-corrected chi connectivity index (χ0v) is 9.28. The van der Waals surface area contributed by atoms with Crippen LogP contribution in [0.2, 0.25) is 0 Å². The summed E-state index contributed by atoms with van der Waals surface area (Å²) in [7, 11) is 0. The van der Waals surface area contributed by atoms with Gasteiger partial charge in [-0.3, -0.25) is 4.79 Å². The Morgan fingerprint density at radius 3 is 3.06 bits per heavy atom. The van der Waals surface area contributed by atoms with Crippen molar-refractivity contribution in [3.63, 3.8) is 0 Å². The number of carbonyl (C=O) groups excluding carboxylic acids is 1. The largest absolute Gasteiger partial charge is 0.370 e. The average Bonchev–Trinajstić information content (AvgIpc) is 2.48. The van der Waals surface area contributed by atoms with Gasteiger partial charge in [-0.25, -0.2) is 0 Å². The van der Waals surface area contributed by atoms with Crippen LogP contribution in [0, 0.1) is 0 Å². The molecule has 0 aromatic heterocycles. The third-order valence-corrected chi connectivity index (χ3v) is 2.83. The van der Waals surface area contributed by atoms with E-state index in [2.05, 4.69) is 22.3 Å². The number of carbonyl (C=O) groups is 1. The number of nitrogens with one attached hydrogen (secondary N) is 1. The first kappa shape index (κ1) is 11.0. The molecule has 0 spiro atoms. The topological polar surface area (TPSA) is 58.4 Å². The molecule has 1 amide bonds. The summed E-state index contributed by atoms with van der Waals surface area (Å²) < 4.78 is 0. The summed E-state index contributed by atoms with van der Waals surface area (Å²) in [5.74, 6) is -0.241. The van der Waals surface area contributed by atoms with E-state index in [0.29, 0.717) is 13.0 Å². The Hall–Kier alpha value is -1.55. The predicted molar refractivity (Wildman–Crippen MR) is 64.2 cm³/mol. The monoisotopic (exact) mass is 219 g/mol. The van der Waals surface area contributed by atoms with E-state index in [-0.39, 0.29) is 5.91 Å².